The number of nitrogens with zero attached hydrogens (tertiary/aromatic N) is 1. The Hall–Kier alpha value is -0.130. The van der Waals surface area contributed by atoms with Crippen LogP contribution in [0.1, 0.15) is 34.1 Å². The molecule has 0 radical (unpaired) electrons. The summed E-state index contributed by atoms with van der Waals surface area (Å²) in [5, 5.41) is 9.23. The average Bonchev–Trinajstić information content (AvgIpc) is 2.44. The average molecular weight is 235 g/mol. The Bertz CT molecular complexity index is 318. The zero-order valence-electron chi connectivity index (χ0n) is 9.90. The molecule has 0 bridgehead atoms. The van der Waals surface area contributed by atoms with E-state index in [1.54, 1.807) is 20.8 Å². The summed E-state index contributed by atoms with van der Waals surface area (Å²) in [6.07, 6.45) is 0.834. The van der Waals surface area contributed by atoms with Crippen molar-refractivity contribution in [2.24, 2.45) is 5.92 Å². The minimum Gasteiger partial charge on any atom is -0.395 e. The predicted octanol–water partition coefficient (Wildman–Crippen LogP) is 0.817. The first-order valence-electron chi connectivity index (χ1n) is 5.34. The van der Waals surface area contributed by atoms with Crippen LogP contribution in [0.15, 0.2) is 0 Å². The minimum absolute atomic E-state index is 0.0868. The van der Waals surface area contributed by atoms with E-state index in [-0.39, 0.29) is 18.6 Å². The summed E-state index contributed by atoms with van der Waals surface area (Å²) in [5.41, 5.74) is 0. The van der Waals surface area contributed by atoms with Gasteiger partial charge in [-0.3, -0.25) is 0 Å². The van der Waals surface area contributed by atoms with Gasteiger partial charge in [-0.05, 0) is 33.1 Å². The Morgan fingerprint density at radius 1 is 1.40 bits per heavy atom. The van der Waals surface area contributed by atoms with Crippen LogP contribution in [0.25, 0.3) is 0 Å². The maximum absolute atomic E-state index is 12.2. The molecule has 1 fully saturated rings. The molecule has 0 aromatic rings. The van der Waals surface area contributed by atoms with E-state index in [9.17, 15) is 13.5 Å². The number of aliphatic hydroxyl groups excluding tert-OH is 1. The van der Waals surface area contributed by atoms with E-state index in [4.69, 9.17) is 0 Å². The fourth-order valence-electron chi connectivity index (χ4n) is 1.89. The van der Waals surface area contributed by atoms with Gasteiger partial charge in [0.25, 0.3) is 0 Å². The molecule has 1 N–H and O–H groups in total. The zero-order chi connectivity index (χ0) is 11.9. The van der Waals surface area contributed by atoms with Gasteiger partial charge in [0, 0.05) is 6.54 Å². The number of aliphatic hydroxyl groups is 1. The van der Waals surface area contributed by atoms with Gasteiger partial charge in [-0.15, -0.1) is 0 Å². The Balaban J connectivity index is 2.99. The van der Waals surface area contributed by atoms with Crippen molar-refractivity contribution < 1.29 is 13.5 Å². The van der Waals surface area contributed by atoms with Crippen molar-refractivity contribution in [2.75, 3.05) is 13.2 Å². The summed E-state index contributed by atoms with van der Waals surface area (Å²) in [6, 6.07) is -0.241. The molecule has 1 aliphatic heterocycles. The molecule has 90 valence electrons. The fourth-order valence-corrected chi connectivity index (χ4v) is 3.57. The molecule has 2 atom stereocenters. The second kappa shape index (κ2) is 4.03. The second-order valence-corrected chi connectivity index (χ2v) is 7.89. The third-order valence-corrected chi connectivity index (χ3v) is 5.72. The van der Waals surface area contributed by atoms with E-state index >= 15 is 0 Å². The summed E-state index contributed by atoms with van der Waals surface area (Å²) in [6.45, 7) is 7.51. The molecule has 5 heteroatoms. The fraction of sp³-hybridized carbons (Fsp3) is 1.00. The highest BCUT2D eigenvalue weighted by Gasteiger charge is 2.43. The first kappa shape index (κ1) is 12.9. The molecule has 0 aromatic heterocycles. The van der Waals surface area contributed by atoms with Crippen LogP contribution in [0.5, 0.6) is 0 Å². The van der Waals surface area contributed by atoms with Crippen LogP contribution in [-0.4, -0.2) is 41.8 Å². The normalized spacial score (nSPS) is 29.7. The van der Waals surface area contributed by atoms with Crippen LogP contribution >= 0.6 is 0 Å². The Morgan fingerprint density at radius 2 is 1.93 bits per heavy atom. The maximum atomic E-state index is 12.2. The first-order chi connectivity index (χ1) is 6.71. The molecule has 4 nitrogen and oxygen atoms in total. The first-order valence-corrected chi connectivity index (χ1v) is 6.78. The quantitative estimate of drug-likeness (QED) is 0.771. The summed E-state index contributed by atoms with van der Waals surface area (Å²) in [5.74, 6) is 0.243. The van der Waals surface area contributed by atoms with Crippen LogP contribution in [0.3, 0.4) is 0 Å². The van der Waals surface area contributed by atoms with Gasteiger partial charge in [0.05, 0.1) is 17.4 Å². The molecule has 1 rings (SSSR count). The van der Waals surface area contributed by atoms with Crippen LogP contribution in [-0.2, 0) is 10.0 Å². The van der Waals surface area contributed by atoms with Gasteiger partial charge in [0.15, 0.2) is 0 Å². The van der Waals surface area contributed by atoms with Gasteiger partial charge in [-0.2, -0.15) is 4.31 Å². The molecule has 2 unspecified atom stereocenters. The highest BCUT2D eigenvalue weighted by atomic mass is 32.2. The van der Waals surface area contributed by atoms with Gasteiger partial charge in [-0.25, -0.2) is 8.42 Å². The van der Waals surface area contributed by atoms with E-state index in [2.05, 4.69) is 0 Å². The Kier molecular flexibility index (Phi) is 3.48. The van der Waals surface area contributed by atoms with Gasteiger partial charge in [0.2, 0.25) is 10.0 Å². The standard InChI is InChI=1S/C10H21NO3S/c1-8-5-6-11(9(8)7-12)15(13,14)10(2,3)4/h8-9,12H,5-7H2,1-4H3. The summed E-state index contributed by atoms with van der Waals surface area (Å²) < 4.78 is 25.1. The number of sulfonamides is 1. The molecule has 0 amide bonds. The number of hydrogen-bond acceptors (Lipinski definition) is 3. The largest absolute Gasteiger partial charge is 0.395 e. The van der Waals surface area contributed by atoms with Crippen molar-refractivity contribution in [1.82, 2.24) is 4.31 Å². The number of rotatable bonds is 2. The lowest BCUT2D eigenvalue weighted by molar-refractivity contribution is 0.189. The van der Waals surface area contributed by atoms with E-state index in [0.717, 1.165) is 6.42 Å². The van der Waals surface area contributed by atoms with Crippen molar-refractivity contribution in [3.63, 3.8) is 0 Å². The van der Waals surface area contributed by atoms with Crippen molar-refractivity contribution in [3.05, 3.63) is 0 Å². The molecule has 0 aliphatic carbocycles. The molecule has 1 heterocycles. The smallest absolute Gasteiger partial charge is 0.219 e. The molecule has 0 saturated carbocycles. The van der Waals surface area contributed by atoms with Gasteiger partial charge < -0.3 is 5.11 Å². The van der Waals surface area contributed by atoms with Crippen molar-refractivity contribution >= 4 is 10.0 Å². The monoisotopic (exact) mass is 235 g/mol. The summed E-state index contributed by atoms with van der Waals surface area (Å²) in [7, 11) is -3.30. The van der Waals surface area contributed by atoms with E-state index < -0.39 is 14.8 Å². The lowest BCUT2D eigenvalue weighted by Gasteiger charge is -2.31. The third kappa shape index (κ3) is 2.19. The van der Waals surface area contributed by atoms with Crippen molar-refractivity contribution in [2.45, 2.75) is 44.9 Å². The van der Waals surface area contributed by atoms with Crippen molar-refractivity contribution in [1.29, 1.82) is 0 Å². The third-order valence-electron chi connectivity index (χ3n) is 3.10. The minimum atomic E-state index is -3.30. The van der Waals surface area contributed by atoms with E-state index in [0.29, 0.717) is 6.54 Å². The van der Waals surface area contributed by atoms with Gasteiger partial charge >= 0.3 is 0 Å². The van der Waals surface area contributed by atoms with Crippen LogP contribution in [0, 0.1) is 5.92 Å². The summed E-state index contributed by atoms with van der Waals surface area (Å²) >= 11 is 0. The highest BCUT2D eigenvalue weighted by Crippen LogP contribution is 2.31. The maximum Gasteiger partial charge on any atom is 0.219 e. The molecule has 15 heavy (non-hydrogen) atoms. The van der Waals surface area contributed by atoms with Crippen molar-refractivity contribution in [3.8, 4) is 0 Å². The SMILES string of the molecule is CC1CCN(S(=O)(=O)C(C)(C)C)C1CO. The zero-order valence-corrected chi connectivity index (χ0v) is 10.7. The van der Waals surface area contributed by atoms with Gasteiger partial charge in [0.1, 0.15) is 0 Å². The van der Waals surface area contributed by atoms with Crippen LogP contribution in [0.4, 0.5) is 0 Å². The van der Waals surface area contributed by atoms with Crippen LogP contribution < -0.4 is 0 Å². The molecule has 1 saturated heterocycles. The highest BCUT2D eigenvalue weighted by molar-refractivity contribution is 7.90. The number of hydrogen-bond donors (Lipinski definition) is 1. The topological polar surface area (TPSA) is 57.6 Å². The molecular weight excluding hydrogens is 214 g/mol. The molecule has 0 aromatic carbocycles. The second-order valence-electron chi connectivity index (χ2n) is 5.24. The van der Waals surface area contributed by atoms with E-state index in [1.165, 1.54) is 4.31 Å². The Labute approximate surface area is 92.3 Å². The Morgan fingerprint density at radius 3 is 2.33 bits per heavy atom. The summed E-state index contributed by atoms with van der Waals surface area (Å²) in [4.78, 5) is 0. The molecular formula is C10H21NO3S. The van der Waals surface area contributed by atoms with Gasteiger partial charge in [-0.1, -0.05) is 6.92 Å². The lowest BCUT2D eigenvalue weighted by Crippen LogP contribution is -2.47. The van der Waals surface area contributed by atoms with E-state index in [1.807, 2.05) is 6.92 Å². The van der Waals surface area contributed by atoms with Crippen LogP contribution in [0.2, 0.25) is 0 Å². The predicted molar refractivity (Wildman–Crippen MR) is 60.0 cm³/mol. The molecule has 0 spiro atoms. The lowest BCUT2D eigenvalue weighted by atomic mass is 10.0. The molecule has 1 aliphatic rings.